The summed E-state index contributed by atoms with van der Waals surface area (Å²) in [6, 6.07) is 2.47. The summed E-state index contributed by atoms with van der Waals surface area (Å²) in [4.78, 5) is 17.8. The van der Waals surface area contributed by atoms with E-state index in [9.17, 15) is 4.79 Å². The summed E-state index contributed by atoms with van der Waals surface area (Å²) in [6.45, 7) is 5.18. The van der Waals surface area contributed by atoms with Crippen LogP contribution in [0.5, 0.6) is 0 Å². The lowest BCUT2D eigenvalue weighted by atomic mass is 10.1. The number of fused-ring (bicyclic) bond motifs is 1. The molecule has 0 radical (unpaired) electrons. The molecule has 3 heterocycles. The number of hydrogen-bond acceptors (Lipinski definition) is 3. The van der Waals surface area contributed by atoms with Crippen molar-refractivity contribution in [1.29, 1.82) is 0 Å². The minimum atomic E-state index is 0.242. The van der Waals surface area contributed by atoms with Gasteiger partial charge in [-0.05, 0) is 43.3 Å². The van der Waals surface area contributed by atoms with Gasteiger partial charge in [-0.15, -0.1) is 11.3 Å². The van der Waals surface area contributed by atoms with Gasteiger partial charge in [0.1, 0.15) is 0 Å². The molecule has 0 bridgehead atoms. The number of aryl methyl sites for hydroxylation is 1. The fraction of sp³-hybridized carbons (Fsp3) is 0.615. The standard InChI is InChI=1S/C13H18N2OS/c1-9-5-12(17-8-9)13(16)15-4-3-10-6-14(2)7-11(10)15/h5,8,10-11H,3-4,6-7H2,1-2H3/t10-,11+/m0/s1. The van der Waals surface area contributed by atoms with E-state index in [4.69, 9.17) is 0 Å². The second-order valence-corrected chi connectivity index (χ2v) is 6.24. The van der Waals surface area contributed by atoms with Gasteiger partial charge in [0.25, 0.3) is 5.91 Å². The van der Waals surface area contributed by atoms with Crippen LogP contribution < -0.4 is 0 Å². The summed E-state index contributed by atoms with van der Waals surface area (Å²) in [5, 5.41) is 2.06. The van der Waals surface area contributed by atoms with Crippen LogP contribution in [-0.2, 0) is 0 Å². The molecule has 92 valence electrons. The normalized spacial score (nSPS) is 28.7. The molecular weight excluding hydrogens is 232 g/mol. The molecule has 0 unspecified atom stereocenters. The number of hydrogen-bond donors (Lipinski definition) is 0. The smallest absolute Gasteiger partial charge is 0.264 e. The van der Waals surface area contributed by atoms with Crippen molar-refractivity contribution in [2.45, 2.75) is 19.4 Å². The molecule has 0 aromatic carbocycles. The lowest BCUT2D eigenvalue weighted by Crippen LogP contribution is -2.38. The quantitative estimate of drug-likeness (QED) is 0.759. The third kappa shape index (κ3) is 1.89. The number of thiophene rings is 1. The molecule has 2 atom stereocenters. The topological polar surface area (TPSA) is 23.6 Å². The van der Waals surface area contributed by atoms with E-state index >= 15 is 0 Å². The van der Waals surface area contributed by atoms with Gasteiger partial charge in [0.05, 0.1) is 4.88 Å². The second kappa shape index (κ2) is 4.10. The number of nitrogens with zero attached hydrogens (tertiary/aromatic N) is 2. The Kier molecular flexibility index (Phi) is 2.71. The molecule has 3 rings (SSSR count). The second-order valence-electron chi connectivity index (χ2n) is 5.32. The Hall–Kier alpha value is -0.870. The molecule has 4 heteroatoms. The van der Waals surface area contributed by atoms with E-state index < -0.39 is 0 Å². The van der Waals surface area contributed by atoms with Crippen molar-refractivity contribution in [3.05, 3.63) is 21.9 Å². The number of carbonyl (C=O) groups excluding carboxylic acids is 1. The fourth-order valence-electron chi connectivity index (χ4n) is 3.11. The molecule has 0 spiro atoms. The van der Waals surface area contributed by atoms with Gasteiger partial charge in [0.15, 0.2) is 0 Å². The Labute approximate surface area is 106 Å². The van der Waals surface area contributed by atoms with Crippen molar-refractivity contribution in [2.24, 2.45) is 5.92 Å². The zero-order valence-electron chi connectivity index (χ0n) is 10.3. The van der Waals surface area contributed by atoms with Crippen LogP contribution in [0.25, 0.3) is 0 Å². The Morgan fingerprint density at radius 3 is 3.00 bits per heavy atom. The van der Waals surface area contributed by atoms with Crippen LogP contribution in [0.1, 0.15) is 21.7 Å². The number of rotatable bonds is 1. The number of likely N-dealkylation sites (tertiary alicyclic amines) is 2. The summed E-state index contributed by atoms with van der Waals surface area (Å²) in [5.74, 6) is 0.941. The average Bonchev–Trinajstić information content (AvgIpc) is 2.92. The predicted octanol–water partition coefficient (Wildman–Crippen LogP) is 1.83. The van der Waals surface area contributed by atoms with Gasteiger partial charge in [0.2, 0.25) is 0 Å². The summed E-state index contributed by atoms with van der Waals surface area (Å²) in [5.41, 5.74) is 1.19. The summed E-state index contributed by atoms with van der Waals surface area (Å²) in [6.07, 6.45) is 1.17. The molecule has 3 nitrogen and oxygen atoms in total. The zero-order chi connectivity index (χ0) is 12.0. The van der Waals surface area contributed by atoms with Gasteiger partial charge in [-0.3, -0.25) is 4.79 Å². The van der Waals surface area contributed by atoms with Crippen LogP contribution in [0, 0.1) is 12.8 Å². The third-order valence-electron chi connectivity index (χ3n) is 3.93. The van der Waals surface area contributed by atoms with Crippen molar-refractivity contribution >= 4 is 17.2 Å². The number of likely N-dealkylation sites (N-methyl/N-ethyl adjacent to an activating group) is 1. The van der Waals surface area contributed by atoms with E-state index in [1.807, 2.05) is 13.0 Å². The highest BCUT2D eigenvalue weighted by atomic mass is 32.1. The molecule has 0 saturated carbocycles. The van der Waals surface area contributed by atoms with Gasteiger partial charge in [-0.2, -0.15) is 0 Å². The van der Waals surface area contributed by atoms with Gasteiger partial charge in [-0.1, -0.05) is 0 Å². The molecule has 1 aromatic rings. The largest absolute Gasteiger partial charge is 0.333 e. The van der Waals surface area contributed by atoms with E-state index in [1.54, 1.807) is 11.3 Å². The Bertz CT molecular complexity index is 442. The van der Waals surface area contributed by atoms with Crippen molar-refractivity contribution in [1.82, 2.24) is 9.80 Å². The first-order valence-electron chi connectivity index (χ1n) is 6.20. The lowest BCUT2D eigenvalue weighted by Gasteiger charge is -2.23. The highest BCUT2D eigenvalue weighted by Crippen LogP contribution is 2.32. The van der Waals surface area contributed by atoms with Crippen LogP contribution in [0.4, 0.5) is 0 Å². The van der Waals surface area contributed by atoms with Crippen LogP contribution in [0.2, 0.25) is 0 Å². The maximum Gasteiger partial charge on any atom is 0.264 e. The molecule has 0 N–H and O–H groups in total. The summed E-state index contributed by atoms with van der Waals surface area (Å²) < 4.78 is 0. The van der Waals surface area contributed by atoms with Crippen LogP contribution in [0.15, 0.2) is 11.4 Å². The molecule has 2 fully saturated rings. The lowest BCUT2D eigenvalue weighted by molar-refractivity contribution is 0.0734. The first-order chi connectivity index (χ1) is 8.15. The molecule has 2 aliphatic rings. The Balaban J connectivity index is 1.79. The zero-order valence-corrected chi connectivity index (χ0v) is 11.2. The Morgan fingerprint density at radius 1 is 1.47 bits per heavy atom. The predicted molar refractivity (Wildman–Crippen MR) is 69.5 cm³/mol. The molecule has 1 amide bonds. The van der Waals surface area contributed by atoms with Crippen molar-refractivity contribution < 1.29 is 4.79 Å². The van der Waals surface area contributed by atoms with Crippen LogP contribution in [0.3, 0.4) is 0 Å². The maximum atomic E-state index is 12.4. The van der Waals surface area contributed by atoms with Crippen molar-refractivity contribution in [3.63, 3.8) is 0 Å². The highest BCUT2D eigenvalue weighted by Gasteiger charge is 2.42. The molecule has 2 saturated heterocycles. The van der Waals surface area contributed by atoms with Gasteiger partial charge >= 0.3 is 0 Å². The minimum Gasteiger partial charge on any atom is -0.333 e. The molecule has 2 aliphatic heterocycles. The molecule has 1 aromatic heterocycles. The molecule has 17 heavy (non-hydrogen) atoms. The molecule has 0 aliphatic carbocycles. The first kappa shape index (κ1) is 11.2. The van der Waals surface area contributed by atoms with Gasteiger partial charge < -0.3 is 9.80 Å². The van der Waals surface area contributed by atoms with Crippen molar-refractivity contribution in [2.75, 3.05) is 26.7 Å². The van der Waals surface area contributed by atoms with E-state index in [0.717, 1.165) is 24.5 Å². The summed E-state index contributed by atoms with van der Waals surface area (Å²) >= 11 is 1.57. The van der Waals surface area contributed by atoms with Crippen LogP contribution >= 0.6 is 11.3 Å². The minimum absolute atomic E-state index is 0.242. The average molecular weight is 250 g/mol. The van der Waals surface area contributed by atoms with E-state index in [-0.39, 0.29) is 5.91 Å². The van der Waals surface area contributed by atoms with Gasteiger partial charge in [-0.25, -0.2) is 0 Å². The monoisotopic (exact) mass is 250 g/mol. The number of amides is 1. The van der Waals surface area contributed by atoms with E-state index in [2.05, 4.69) is 22.2 Å². The van der Waals surface area contributed by atoms with E-state index in [1.165, 1.54) is 12.0 Å². The maximum absolute atomic E-state index is 12.4. The highest BCUT2D eigenvalue weighted by molar-refractivity contribution is 7.12. The fourth-order valence-corrected chi connectivity index (χ4v) is 3.96. The summed E-state index contributed by atoms with van der Waals surface area (Å²) in [7, 11) is 2.15. The van der Waals surface area contributed by atoms with Crippen molar-refractivity contribution in [3.8, 4) is 0 Å². The van der Waals surface area contributed by atoms with E-state index in [0.29, 0.717) is 12.0 Å². The van der Waals surface area contributed by atoms with Crippen LogP contribution in [-0.4, -0.2) is 48.4 Å². The van der Waals surface area contributed by atoms with Gasteiger partial charge in [0, 0.05) is 25.7 Å². The SMILES string of the molecule is Cc1csc(C(=O)N2CC[C@H]3CN(C)C[C@H]32)c1. The number of carbonyl (C=O) groups is 1. The molecular formula is C13H18N2OS. The third-order valence-corrected chi connectivity index (χ3v) is 4.97. The Morgan fingerprint density at radius 2 is 2.29 bits per heavy atom. The first-order valence-corrected chi connectivity index (χ1v) is 7.08.